The van der Waals surface area contributed by atoms with E-state index in [4.69, 9.17) is 0 Å². The third-order valence-corrected chi connectivity index (χ3v) is 7.71. The first-order valence-corrected chi connectivity index (χ1v) is 12.2. The smallest absolute Gasteiger partial charge is 0.246 e. The normalized spacial score (nSPS) is 22.6. The van der Waals surface area contributed by atoms with Crippen molar-refractivity contribution in [1.82, 2.24) is 14.7 Å². The minimum Gasteiger partial charge on any atom is -0.340 e. The Bertz CT molecular complexity index is 988. The largest absolute Gasteiger partial charge is 0.340 e. The molecule has 0 aromatic heterocycles. The lowest BCUT2D eigenvalue weighted by molar-refractivity contribution is -0.135. The summed E-state index contributed by atoms with van der Waals surface area (Å²) in [5.74, 6) is 0.583. The number of hydrogen-bond donors (Lipinski definition) is 0. The first-order valence-electron chi connectivity index (χ1n) is 12.2. The van der Waals surface area contributed by atoms with Crippen molar-refractivity contribution in [3.05, 3.63) is 77.9 Å². The molecule has 3 fully saturated rings. The molecule has 2 amide bonds. The molecule has 2 aromatic carbocycles. The van der Waals surface area contributed by atoms with Crippen LogP contribution in [0.3, 0.4) is 0 Å². The third kappa shape index (κ3) is 5.03. The van der Waals surface area contributed by atoms with Gasteiger partial charge in [-0.2, -0.15) is 0 Å². The first-order chi connectivity index (χ1) is 16.1. The van der Waals surface area contributed by atoms with Crippen LogP contribution in [0.1, 0.15) is 30.4 Å². The van der Waals surface area contributed by atoms with Crippen LogP contribution in [0.2, 0.25) is 0 Å². The summed E-state index contributed by atoms with van der Waals surface area (Å²) < 4.78 is 0. The van der Waals surface area contributed by atoms with E-state index in [1.54, 1.807) is 6.08 Å². The summed E-state index contributed by atoms with van der Waals surface area (Å²) in [6.07, 6.45) is 6.45. The van der Waals surface area contributed by atoms with E-state index in [2.05, 4.69) is 34.1 Å². The maximum Gasteiger partial charge on any atom is 0.246 e. The monoisotopic (exact) mass is 443 g/mol. The standard InChI is InChI=1S/C28H33N3O2/c32-26(12-11-23-7-3-1-4-8-23)30-15-13-28(14-16-30)21-25(28)27(33)31-19-17-29(18-20-31)22-24-9-5-2-6-10-24/h1-12,25H,13-22H2/b12-11+/t25-/m1/s1. The summed E-state index contributed by atoms with van der Waals surface area (Å²) in [5, 5.41) is 0. The second-order valence-corrected chi connectivity index (χ2v) is 9.78. The summed E-state index contributed by atoms with van der Waals surface area (Å²) in [6, 6.07) is 20.5. The number of amides is 2. The Labute approximate surface area is 196 Å². The highest BCUT2D eigenvalue weighted by Crippen LogP contribution is 2.60. The van der Waals surface area contributed by atoms with E-state index < -0.39 is 0 Å². The second-order valence-electron chi connectivity index (χ2n) is 9.78. The molecule has 5 rings (SSSR count). The lowest BCUT2D eigenvalue weighted by Gasteiger charge is -2.36. The highest BCUT2D eigenvalue weighted by molar-refractivity contribution is 5.92. The molecule has 2 heterocycles. The minimum atomic E-state index is 0.0757. The van der Waals surface area contributed by atoms with Crippen LogP contribution >= 0.6 is 0 Å². The van der Waals surface area contributed by atoms with Crippen LogP contribution in [0.25, 0.3) is 6.08 Å². The Morgan fingerprint density at radius 3 is 2.12 bits per heavy atom. The van der Waals surface area contributed by atoms with Gasteiger partial charge in [-0.25, -0.2) is 0 Å². The molecule has 0 N–H and O–H groups in total. The lowest BCUT2D eigenvalue weighted by atomic mass is 9.90. The number of rotatable bonds is 5. The van der Waals surface area contributed by atoms with E-state index in [9.17, 15) is 9.59 Å². The predicted molar refractivity (Wildman–Crippen MR) is 130 cm³/mol. The van der Waals surface area contributed by atoms with E-state index in [-0.39, 0.29) is 17.2 Å². The molecule has 0 unspecified atom stereocenters. The maximum atomic E-state index is 13.2. The molecule has 2 aliphatic heterocycles. The summed E-state index contributed by atoms with van der Waals surface area (Å²) >= 11 is 0. The fourth-order valence-electron chi connectivity index (χ4n) is 5.45. The molecule has 2 saturated heterocycles. The molecular weight excluding hydrogens is 410 g/mol. The van der Waals surface area contributed by atoms with Crippen molar-refractivity contribution < 1.29 is 9.59 Å². The van der Waals surface area contributed by atoms with Crippen LogP contribution in [0.4, 0.5) is 0 Å². The molecular formula is C28H33N3O2. The molecule has 5 nitrogen and oxygen atoms in total. The zero-order chi connectivity index (χ0) is 22.7. The van der Waals surface area contributed by atoms with Crippen molar-refractivity contribution in [2.45, 2.75) is 25.8 Å². The Balaban J connectivity index is 1.07. The average Bonchev–Trinajstić information content (AvgIpc) is 3.57. The van der Waals surface area contributed by atoms with Crippen LogP contribution in [0, 0.1) is 11.3 Å². The number of benzene rings is 2. The molecule has 1 atom stereocenters. The minimum absolute atomic E-state index is 0.0757. The predicted octanol–water partition coefficient (Wildman–Crippen LogP) is 3.67. The average molecular weight is 444 g/mol. The number of carbonyl (C=O) groups excluding carboxylic acids is 2. The molecule has 172 valence electrons. The van der Waals surface area contributed by atoms with Crippen molar-refractivity contribution in [2.75, 3.05) is 39.3 Å². The Morgan fingerprint density at radius 1 is 0.818 bits per heavy atom. The molecule has 1 saturated carbocycles. The van der Waals surface area contributed by atoms with Gasteiger partial charge in [-0.3, -0.25) is 14.5 Å². The molecule has 1 spiro atoms. The summed E-state index contributed by atoms with van der Waals surface area (Å²) in [4.78, 5) is 32.2. The molecule has 3 aliphatic rings. The van der Waals surface area contributed by atoms with E-state index in [1.807, 2.05) is 47.4 Å². The van der Waals surface area contributed by atoms with E-state index in [0.29, 0.717) is 5.91 Å². The topological polar surface area (TPSA) is 43.9 Å². The van der Waals surface area contributed by atoms with Gasteiger partial charge in [0.25, 0.3) is 0 Å². The van der Waals surface area contributed by atoms with Crippen molar-refractivity contribution in [2.24, 2.45) is 11.3 Å². The Hall–Kier alpha value is -2.92. The highest BCUT2D eigenvalue weighted by Gasteiger charge is 2.59. The summed E-state index contributed by atoms with van der Waals surface area (Å²) in [5.41, 5.74) is 2.51. The van der Waals surface area contributed by atoms with Crippen LogP contribution < -0.4 is 0 Å². The number of nitrogens with zero attached hydrogens (tertiary/aromatic N) is 3. The summed E-state index contributed by atoms with van der Waals surface area (Å²) in [7, 11) is 0. The number of likely N-dealkylation sites (tertiary alicyclic amines) is 1. The Morgan fingerprint density at radius 2 is 1.45 bits per heavy atom. The zero-order valence-corrected chi connectivity index (χ0v) is 19.2. The van der Waals surface area contributed by atoms with Crippen molar-refractivity contribution in [3.8, 4) is 0 Å². The van der Waals surface area contributed by atoms with E-state index in [1.165, 1.54) is 5.56 Å². The van der Waals surface area contributed by atoms with Gasteiger partial charge in [-0.15, -0.1) is 0 Å². The number of piperazine rings is 1. The number of carbonyl (C=O) groups is 2. The van der Waals surface area contributed by atoms with Crippen LogP contribution in [0.15, 0.2) is 66.7 Å². The van der Waals surface area contributed by atoms with Gasteiger partial charge in [0.15, 0.2) is 0 Å². The maximum absolute atomic E-state index is 13.2. The summed E-state index contributed by atoms with van der Waals surface area (Å²) in [6.45, 7) is 6.01. The van der Waals surface area contributed by atoms with Crippen molar-refractivity contribution in [3.63, 3.8) is 0 Å². The van der Waals surface area contributed by atoms with Gasteiger partial charge in [0.1, 0.15) is 0 Å². The number of piperidine rings is 1. The highest BCUT2D eigenvalue weighted by atomic mass is 16.2. The SMILES string of the molecule is O=C(/C=C/c1ccccc1)N1CCC2(CC1)C[C@@H]2C(=O)N1CCN(Cc2ccccc2)CC1. The molecule has 33 heavy (non-hydrogen) atoms. The van der Waals surface area contributed by atoms with Gasteiger partial charge < -0.3 is 9.80 Å². The van der Waals surface area contributed by atoms with Crippen LogP contribution in [0.5, 0.6) is 0 Å². The second kappa shape index (κ2) is 9.52. The fraction of sp³-hybridized carbons (Fsp3) is 0.429. The lowest BCUT2D eigenvalue weighted by Crippen LogP contribution is -2.49. The number of hydrogen-bond acceptors (Lipinski definition) is 3. The van der Waals surface area contributed by atoms with Gasteiger partial charge in [0, 0.05) is 57.8 Å². The molecule has 0 bridgehead atoms. The van der Waals surface area contributed by atoms with Gasteiger partial charge >= 0.3 is 0 Å². The molecule has 0 radical (unpaired) electrons. The molecule has 5 heteroatoms. The Kier molecular flexibility index (Phi) is 6.32. The van der Waals surface area contributed by atoms with Crippen LogP contribution in [-0.4, -0.2) is 65.8 Å². The van der Waals surface area contributed by atoms with E-state index in [0.717, 1.165) is 70.6 Å². The van der Waals surface area contributed by atoms with Gasteiger partial charge in [0.05, 0.1) is 0 Å². The fourth-order valence-corrected chi connectivity index (χ4v) is 5.45. The van der Waals surface area contributed by atoms with Crippen molar-refractivity contribution in [1.29, 1.82) is 0 Å². The molecule has 2 aromatic rings. The van der Waals surface area contributed by atoms with E-state index >= 15 is 0 Å². The quantitative estimate of drug-likeness (QED) is 0.663. The first kappa shape index (κ1) is 21.9. The van der Waals surface area contributed by atoms with Gasteiger partial charge in [-0.05, 0) is 41.9 Å². The molecule has 1 aliphatic carbocycles. The van der Waals surface area contributed by atoms with Gasteiger partial charge in [0.2, 0.25) is 11.8 Å². The zero-order valence-electron chi connectivity index (χ0n) is 19.2. The van der Waals surface area contributed by atoms with Crippen LogP contribution in [-0.2, 0) is 16.1 Å². The van der Waals surface area contributed by atoms with Gasteiger partial charge in [-0.1, -0.05) is 60.7 Å². The third-order valence-electron chi connectivity index (χ3n) is 7.71. The van der Waals surface area contributed by atoms with Crippen molar-refractivity contribution >= 4 is 17.9 Å².